The number of aryl methyl sites for hydroxylation is 1. The minimum Gasteiger partial charge on any atom is -0.439 e. The molecule has 4 aromatic heterocycles. The summed E-state index contributed by atoms with van der Waals surface area (Å²) in [6.07, 6.45) is 4.80. The molecule has 4 rings (SSSR count). The van der Waals surface area contributed by atoms with E-state index < -0.39 is 11.7 Å². The number of hydrogen-bond donors (Lipinski definition) is 1. The van der Waals surface area contributed by atoms with Gasteiger partial charge in [-0.1, -0.05) is 0 Å². The number of ether oxygens (including phenoxy) is 1. The first kappa shape index (κ1) is 20.3. The number of fused-ring (bicyclic) bond motifs is 1. The van der Waals surface area contributed by atoms with Gasteiger partial charge in [0.2, 0.25) is 17.6 Å². The fourth-order valence-corrected chi connectivity index (χ4v) is 2.96. The fourth-order valence-electron chi connectivity index (χ4n) is 2.96. The van der Waals surface area contributed by atoms with Crippen molar-refractivity contribution in [1.29, 1.82) is 0 Å². The van der Waals surface area contributed by atoms with Crippen LogP contribution in [-0.2, 0) is 10.7 Å². The second-order valence-electron chi connectivity index (χ2n) is 7.01. The van der Waals surface area contributed by atoms with Crippen LogP contribution >= 0.6 is 0 Å². The van der Waals surface area contributed by atoms with Gasteiger partial charge in [0.1, 0.15) is 17.4 Å². The number of nitrogens with one attached hydrogen (secondary N) is 1. The number of amides is 1. The number of carbonyl (C=O) groups is 1. The number of rotatable bonds is 5. The summed E-state index contributed by atoms with van der Waals surface area (Å²) in [5.41, 5.74) is 1.33. The summed E-state index contributed by atoms with van der Waals surface area (Å²) in [6, 6.07) is 8.13. The molecule has 1 N–H and O–H groups in total. The number of anilines is 1. The fraction of sp³-hybridized carbons (Fsp3) is 0.190. The lowest BCUT2D eigenvalue weighted by atomic mass is 10.3. The molecule has 0 saturated heterocycles. The highest BCUT2D eigenvalue weighted by molar-refractivity contribution is 5.91. The normalized spacial score (nSPS) is 11.5. The average molecular weight is 424 g/mol. The first-order valence-electron chi connectivity index (χ1n) is 9.32. The Bertz CT molecular complexity index is 1280. The average Bonchev–Trinajstić information content (AvgIpc) is 3.10. The van der Waals surface area contributed by atoms with Crippen LogP contribution in [0, 0.1) is 6.92 Å². The molecule has 0 aliphatic carbocycles. The van der Waals surface area contributed by atoms with Gasteiger partial charge in [-0.15, -0.1) is 0 Å². The maximum absolute atomic E-state index is 14.1. The molecular weight excluding hydrogens is 406 g/mol. The van der Waals surface area contributed by atoms with Gasteiger partial charge in [0.25, 0.3) is 0 Å². The smallest absolute Gasteiger partial charge is 0.304 e. The molecule has 4 heterocycles. The van der Waals surface area contributed by atoms with Gasteiger partial charge < -0.3 is 14.6 Å². The molecule has 0 fully saturated rings. The Balaban J connectivity index is 1.83. The molecular formula is C21H18F2N6O2. The van der Waals surface area contributed by atoms with Crippen LogP contribution in [-0.4, -0.2) is 30.4 Å². The van der Waals surface area contributed by atoms with Crippen molar-refractivity contribution in [2.75, 3.05) is 5.32 Å². The SMILES string of the molecule is CC(=O)Nc1cc2c(ccn2-c2cc(Oc3ccnc(C)c3)nc(C(C)(F)F)n2)cn1. The Hall–Kier alpha value is -3.95. The minimum atomic E-state index is -3.28. The van der Waals surface area contributed by atoms with Crippen molar-refractivity contribution in [3.8, 4) is 17.4 Å². The molecule has 0 spiro atoms. The lowest BCUT2D eigenvalue weighted by Gasteiger charge is -2.14. The molecule has 0 saturated carbocycles. The Morgan fingerprint density at radius 1 is 1.16 bits per heavy atom. The topological polar surface area (TPSA) is 94.8 Å². The second-order valence-corrected chi connectivity index (χ2v) is 7.01. The summed E-state index contributed by atoms with van der Waals surface area (Å²) in [5, 5.41) is 3.34. The highest BCUT2D eigenvalue weighted by Crippen LogP contribution is 2.30. The highest BCUT2D eigenvalue weighted by atomic mass is 19.3. The first-order valence-corrected chi connectivity index (χ1v) is 9.32. The van der Waals surface area contributed by atoms with Crippen molar-refractivity contribution >= 4 is 22.6 Å². The van der Waals surface area contributed by atoms with Crippen molar-refractivity contribution in [3.05, 3.63) is 60.4 Å². The van der Waals surface area contributed by atoms with E-state index in [1.54, 1.807) is 54.3 Å². The predicted octanol–water partition coefficient (Wildman–Crippen LogP) is 4.38. The summed E-state index contributed by atoms with van der Waals surface area (Å²) < 4.78 is 35.6. The number of pyridine rings is 2. The number of alkyl halides is 2. The molecule has 0 aromatic carbocycles. The molecule has 0 aliphatic heterocycles. The van der Waals surface area contributed by atoms with E-state index in [1.807, 2.05) is 0 Å². The molecule has 0 radical (unpaired) electrons. The van der Waals surface area contributed by atoms with Crippen LogP contribution < -0.4 is 10.1 Å². The highest BCUT2D eigenvalue weighted by Gasteiger charge is 2.30. The van der Waals surface area contributed by atoms with Gasteiger partial charge in [-0.05, 0) is 19.1 Å². The van der Waals surface area contributed by atoms with Crippen LogP contribution in [0.25, 0.3) is 16.7 Å². The molecule has 4 aromatic rings. The zero-order valence-corrected chi connectivity index (χ0v) is 16.9. The third-order valence-corrected chi connectivity index (χ3v) is 4.30. The van der Waals surface area contributed by atoms with Crippen molar-refractivity contribution in [2.45, 2.75) is 26.7 Å². The summed E-state index contributed by atoms with van der Waals surface area (Å²) in [6.45, 7) is 3.88. The summed E-state index contributed by atoms with van der Waals surface area (Å²) in [4.78, 5) is 27.5. The zero-order chi connectivity index (χ0) is 22.2. The Morgan fingerprint density at radius 2 is 1.97 bits per heavy atom. The lowest BCUT2D eigenvalue weighted by Crippen LogP contribution is -2.15. The minimum absolute atomic E-state index is 0.0369. The number of nitrogens with zero attached hydrogens (tertiary/aromatic N) is 5. The van der Waals surface area contributed by atoms with Crippen molar-refractivity contribution in [2.24, 2.45) is 0 Å². The van der Waals surface area contributed by atoms with Crippen LogP contribution in [0.3, 0.4) is 0 Å². The molecule has 1 amide bonds. The maximum Gasteiger partial charge on any atom is 0.304 e. The Labute approximate surface area is 176 Å². The van der Waals surface area contributed by atoms with Crippen LogP contribution in [0.4, 0.5) is 14.6 Å². The van der Waals surface area contributed by atoms with Crippen LogP contribution in [0.1, 0.15) is 25.4 Å². The molecule has 0 aliphatic rings. The third kappa shape index (κ3) is 4.47. The van der Waals surface area contributed by atoms with E-state index in [1.165, 1.54) is 13.0 Å². The van der Waals surface area contributed by atoms with Gasteiger partial charge >= 0.3 is 5.92 Å². The standard InChI is InChI=1S/C21H18F2N6O2/c1-12-8-15(4-6-24-12)31-19-10-18(27-20(28-19)21(3,22)23)29-7-5-14-11-25-17(9-16(14)29)26-13(2)30/h4-11H,1-3H3,(H,25,26,30). The van der Waals surface area contributed by atoms with Crippen LogP contribution in [0.5, 0.6) is 11.6 Å². The summed E-state index contributed by atoms with van der Waals surface area (Å²) >= 11 is 0. The number of aromatic nitrogens is 5. The second kappa shape index (κ2) is 7.71. The first-order chi connectivity index (χ1) is 14.7. The van der Waals surface area contributed by atoms with Gasteiger partial charge in [0.05, 0.1) is 5.52 Å². The van der Waals surface area contributed by atoms with E-state index >= 15 is 0 Å². The van der Waals surface area contributed by atoms with Crippen LogP contribution in [0.15, 0.2) is 48.9 Å². The largest absolute Gasteiger partial charge is 0.439 e. The van der Waals surface area contributed by atoms with Crippen molar-refractivity contribution in [1.82, 2.24) is 24.5 Å². The van der Waals surface area contributed by atoms with E-state index in [0.717, 1.165) is 12.3 Å². The van der Waals surface area contributed by atoms with E-state index in [4.69, 9.17) is 4.74 Å². The Kier molecular flexibility index (Phi) is 5.05. The van der Waals surface area contributed by atoms with Crippen molar-refractivity contribution in [3.63, 3.8) is 0 Å². The van der Waals surface area contributed by atoms with E-state index in [0.29, 0.717) is 22.8 Å². The third-order valence-electron chi connectivity index (χ3n) is 4.30. The van der Waals surface area contributed by atoms with Gasteiger partial charge in [-0.3, -0.25) is 9.78 Å². The van der Waals surface area contributed by atoms with Crippen LogP contribution in [0.2, 0.25) is 0 Å². The molecule has 0 bridgehead atoms. The van der Waals surface area contributed by atoms with Gasteiger partial charge in [0.15, 0.2) is 0 Å². The molecule has 158 valence electrons. The van der Waals surface area contributed by atoms with Gasteiger partial charge in [0, 0.05) is 61.7 Å². The number of hydrogen-bond acceptors (Lipinski definition) is 6. The molecule has 8 nitrogen and oxygen atoms in total. The lowest BCUT2D eigenvalue weighted by molar-refractivity contribution is -0.114. The van der Waals surface area contributed by atoms with E-state index in [2.05, 4.69) is 25.3 Å². The number of carbonyl (C=O) groups excluding carboxylic acids is 1. The maximum atomic E-state index is 14.1. The van der Waals surface area contributed by atoms with Gasteiger partial charge in [-0.25, -0.2) is 9.97 Å². The monoisotopic (exact) mass is 424 g/mol. The van der Waals surface area contributed by atoms with E-state index in [9.17, 15) is 13.6 Å². The molecule has 0 atom stereocenters. The Morgan fingerprint density at radius 3 is 2.68 bits per heavy atom. The summed E-state index contributed by atoms with van der Waals surface area (Å²) in [7, 11) is 0. The quantitative estimate of drug-likeness (QED) is 0.511. The van der Waals surface area contributed by atoms with E-state index in [-0.39, 0.29) is 17.6 Å². The van der Waals surface area contributed by atoms with Gasteiger partial charge in [-0.2, -0.15) is 13.8 Å². The number of halogens is 2. The zero-order valence-electron chi connectivity index (χ0n) is 16.9. The molecule has 31 heavy (non-hydrogen) atoms. The molecule has 10 heteroatoms. The molecule has 0 unspecified atom stereocenters. The predicted molar refractivity (Wildman–Crippen MR) is 110 cm³/mol. The summed E-state index contributed by atoms with van der Waals surface area (Å²) in [5.74, 6) is -3.34. The van der Waals surface area contributed by atoms with Crippen molar-refractivity contribution < 1.29 is 18.3 Å².